The van der Waals surface area contributed by atoms with Crippen LogP contribution in [0.15, 0.2) is 18.2 Å². The van der Waals surface area contributed by atoms with Crippen molar-refractivity contribution in [2.75, 3.05) is 24.2 Å². The Balaban J connectivity index is 2.51. The lowest BCUT2D eigenvalue weighted by Crippen LogP contribution is -2.22. The van der Waals surface area contributed by atoms with Gasteiger partial charge in [-0.15, -0.1) is 0 Å². The molecule has 0 saturated heterocycles. The Bertz CT molecular complexity index is 404. The third-order valence-corrected chi connectivity index (χ3v) is 3.61. The van der Waals surface area contributed by atoms with Gasteiger partial charge in [0.1, 0.15) is 0 Å². The summed E-state index contributed by atoms with van der Waals surface area (Å²) >= 11 is 0. The second-order valence-corrected chi connectivity index (χ2v) is 7.12. The van der Waals surface area contributed by atoms with E-state index in [9.17, 15) is 0 Å². The molecular weight excluding hydrogens is 232 g/mol. The molecule has 0 aromatic heterocycles. The number of hydrogen-bond acceptors (Lipinski definition) is 2. The average Bonchev–Trinajstić information content (AvgIpc) is 2.27. The summed E-state index contributed by atoms with van der Waals surface area (Å²) < 4.78 is 0. The number of nitrogens with two attached hydrogens (primary N) is 1. The van der Waals surface area contributed by atoms with Crippen molar-refractivity contribution in [3.8, 4) is 0 Å². The van der Waals surface area contributed by atoms with Gasteiger partial charge in [-0.2, -0.15) is 0 Å². The zero-order valence-electron chi connectivity index (χ0n) is 13.5. The largest absolute Gasteiger partial charge is 0.399 e. The van der Waals surface area contributed by atoms with Crippen LogP contribution in [0.2, 0.25) is 0 Å². The third kappa shape index (κ3) is 5.54. The molecule has 0 amide bonds. The first-order chi connectivity index (χ1) is 8.69. The molecule has 2 heteroatoms. The molecule has 0 heterocycles. The van der Waals surface area contributed by atoms with Gasteiger partial charge >= 0.3 is 0 Å². The van der Waals surface area contributed by atoms with Crippen LogP contribution in [-0.2, 0) is 0 Å². The van der Waals surface area contributed by atoms with Crippen LogP contribution >= 0.6 is 0 Å². The van der Waals surface area contributed by atoms with E-state index >= 15 is 0 Å². The summed E-state index contributed by atoms with van der Waals surface area (Å²) in [6, 6.07) is 6.28. The van der Waals surface area contributed by atoms with Crippen molar-refractivity contribution in [2.24, 2.45) is 11.3 Å². The number of benzene rings is 1. The van der Waals surface area contributed by atoms with Crippen LogP contribution in [0.5, 0.6) is 0 Å². The maximum Gasteiger partial charge on any atom is 0.0367 e. The molecule has 1 aromatic rings. The lowest BCUT2D eigenvalue weighted by Gasteiger charge is -2.26. The first kappa shape index (κ1) is 15.9. The molecule has 0 aliphatic heterocycles. The molecule has 0 fully saturated rings. The standard InChI is InChI=1S/C17H30N2/c1-13(12-17(3,4)5)9-10-19(6)15-7-8-16(18)14(2)11-15/h7-8,11,13H,9-10,12,18H2,1-6H3. The van der Waals surface area contributed by atoms with Gasteiger partial charge < -0.3 is 10.6 Å². The maximum absolute atomic E-state index is 5.86. The van der Waals surface area contributed by atoms with E-state index in [0.29, 0.717) is 5.41 Å². The molecule has 0 radical (unpaired) electrons. The Morgan fingerprint density at radius 1 is 1.26 bits per heavy atom. The Labute approximate surface area is 119 Å². The van der Waals surface area contributed by atoms with Crippen LogP contribution in [-0.4, -0.2) is 13.6 Å². The monoisotopic (exact) mass is 262 g/mol. The van der Waals surface area contributed by atoms with E-state index in [0.717, 1.165) is 23.7 Å². The van der Waals surface area contributed by atoms with E-state index in [4.69, 9.17) is 5.73 Å². The smallest absolute Gasteiger partial charge is 0.0367 e. The molecule has 0 bridgehead atoms. The SMILES string of the molecule is Cc1cc(N(C)CCC(C)CC(C)(C)C)ccc1N. The molecule has 19 heavy (non-hydrogen) atoms. The molecule has 2 nitrogen and oxygen atoms in total. The van der Waals surface area contributed by atoms with Gasteiger partial charge in [-0.3, -0.25) is 0 Å². The number of aryl methyl sites for hydroxylation is 1. The van der Waals surface area contributed by atoms with Crippen LogP contribution in [0.25, 0.3) is 0 Å². The summed E-state index contributed by atoms with van der Waals surface area (Å²) in [6.07, 6.45) is 2.51. The number of nitrogens with zero attached hydrogens (tertiary/aromatic N) is 1. The third-order valence-electron chi connectivity index (χ3n) is 3.61. The molecule has 1 rings (SSSR count). The van der Waals surface area contributed by atoms with Crippen LogP contribution in [0.4, 0.5) is 11.4 Å². The van der Waals surface area contributed by atoms with E-state index in [-0.39, 0.29) is 0 Å². The summed E-state index contributed by atoms with van der Waals surface area (Å²) in [5.74, 6) is 0.761. The van der Waals surface area contributed by atoms with Crippen molar-refractivity contribution in [1.82, 2.24) is 0 Å². The first-order valence-electron chi connectivity index (χ1n) is 7.26. The topological polar surface area (TPSA) is 29.3 Å². The molecule has 0 aliphatic carbocycles. The number of hydrogen-bond donors (Lipinski definition) is 1. The highest BCUT2D eigenvalue weighted by Gasteiger charge is 2.15. The van der Waals surface area contributed by atoms with Gasteiger partial charge in [-0.25, -0.2) is 0 Å². The summed E-state index contributed by atoms with van der Waals surface area (Å²) in [4.78, 5) is 2.33. The van der Waals surface area contributed by atoms with E-state index in [1.54, 1.807) is 0 Å². The van der Waals surface area contributed by atoms with Crippen LogP contribution in [0, 0.1) is 18.3 Å². The first-order valence-corrected chi connectivity index (χ1v) is 7.26. The summed E-state index contributed by atoms with van der Waals surface area (Å²) in [7, 11) is 2.16. The minimum atomic E-state index is 0.426. The zero-order chi connectivity index (χ0) is 14.6. The predicted molar refractivity (Wildman–Crippen MR) is 86.7 cm³/mol. The van der Waals surface area contributed by atoms with Crippen LogP contribution in [0.3, 0.4) is 0 Å². The number of anilines is 2. The lowest BCUT2D eigenvalue weighted by molar-refractivity contribution is 0.298. The molecule has 0 spiro atoms. The van der Waals surface area contributed by atoms with Gasteiger partial charge in [0.05, 0.1) is 0 Å². The summed E-state index contributed by atoms with van der Waals surface area (Å²) in [5.41, 5.74) is 9.58. The van der Waals surface area contributed by atoms with Crippen LogP contribution < -0.4 is 10.6 Å². The second-order valence-electron chi connectivity index (χ2n) is 7.12. The van der Waals surface area contributed by atoms with E-state index in [1.807, 2.05) is 6.07 Å². The van der Waals surface area contributed by atoms with Gasteiger partial charge in [0.25, 0.3) is 0 Å². The Morgan fingerprint density at radius 3 is 2.42 bits per heavy atom. The van der Waals surface area contributed by atoms with Crippen molar-refractivity contribution in [1.29, 1.82) is 0 Å². The molecular formula is C17H30N2. The van der Waals surface area contributed by atoms with Crippen molar-refractivity contribution in [3.05, 3.63) is 23.8 Å². The normalized spacial score (nSPS) is 13.4. The van der Waals surface area contributed by atoms with Gasteiger partial charge in [-0.1, -0.05) is 27.7 Å². The second kappa shape index (κ2) is 6.31. The highest BCUT2D eigenvalue weighted by atomic mass is 15.1. The fourth-order valence-electron chi connectivity index (χ4n) is 2.59. The van der Waals surface area contributed by atoms with Crippen molar-refractivity contribution >= 4 is 11.4 Å². The quantitative estimate of drug-likeness (QED) is 0.793. The number of rotatable bonds is 5. The van der Waals surface area contributed by atoms with Crippen LogP contribution in [0.1, 0.15) is 46.1 Å². The van der Waals surface area contributed by atoms with Gasteiger partial charge in [0.15, 0.2) is 0 Å². The van der Waals surface area contributed by atoms with E-state index in [2.05, 4.69) is 58.7 Å². The highest BCUT2D eigenvalue weighted by molar-refractivity contribution is 5.57. The Kier molecular flexibility index (Phi) is 5.28. The van der Waals surface area contributed by atoms with Crippen molar-refractivity contribution in [3.63, 3.8) is 0 Å². The zero-order valence-corrected chi connectivity index (χ0v) is 13.5. The lowest BCUT2D eigenvalue weighted by atomic mass is 9.84. The maximum atomic E-state index is 5.86. The molecule has 1 atom stereocenters. The minimum absolute atomic E-state index is 0.426. The summed E-state index contributed by atoms with van der Waals surface area (Å²) in [6.45, 7) is 12.5. The van der Waals surface area contributed by atoms with E-state index in [1.165, 1.54) is 18.5 Å². The van der Waals surface area contributed by atoms with Gasteiger partial charge in [0, 0.05) is 25.0 Å². The fourth-order valence-corrected chi connectivity index (χ4v) is 2.59. The average molecular weight is 262 g/mol. The Morgan fingerprint density at radius 2 is 1.89 bits per heavy atom. The molecule has 0 aliphatic rings. The molecule has 1 unspecified atom stereocenters. The summed E-state index contributed by atoms with van der Waals surface area (Å²) in [5, 5.41) is 0. The molecule has 1 aromatic carbocycles. The molecule has 108 valence electrons. The highest BCUT2D eigenvalue weighted by Crippen LogP contribution is 2.27. The van der Waals surface area contributed by atoms with E-state index < -0.39 is 0 Å². The fraction of sp³-hybridized carbons (Fsp3) is 0.647. The predicted octanol–water partition coefficient (Wildman–Crippen LogP) is 4.48. The molecule has 2 N–H and O–H groups in total. The molecule has 0 saturated carbocycles. The Hall–Kier alpha value is -1.18. The van der Waals surface area contributed by atoms with Gasteiger partial charge in [0.2, 0.25) is 0 Å². The van der Waals surface area contributed by atoms with Crippen molar-refractivity contribution in [2.45, 2.75) is 47.5 Å². The van der Waals surface area contributed by atoms with Crippen molar-refractivity contribution < 1.29 is 0 Å². The van der Waals surface area contributed by atoms with Gasteiger partial charge in [-0.05, 0) is 54.9 Å². The number of nitrogen functional groups attached to an aromatic ring is 1. The minimum Gasteiger partial charge on any atom is -0.399 e.